The van der Waals surface area contributed by atoms with Gasteiger partial charge in [0.05, 0.1) is 36.3 Å². The van der Waals surface area contributed by atoms with Gasteiger partial charge in [-0.1, -0.05) is 6.07 Å². The molecule has 0 saturated carbocycles. The summed E-state index contributed by atoms with van der Waals surface area (Å²) in [6, 6.07) is 1.81. The summed E-state index contributed by atoms with van der Waals surface area (Å²) in [6.45, 7) is 4.65. The monoisotopic (exact) mass is 621 g/mol. The number of piperazine rings is 1. The number of rotatable bonds is 2. The Balaban J connectivity index is 1.57. The zero-order valence-corrected chi connectivity index (χ0v) is 25.6. The highest BCUT2D eigenvalue weighted by molar-refractivity contribution is 8.00. The first-order chi connectivity index (χ1) is 21.1. The van der Waals surface area contributed by atoms with Gasteiger partial charge in [0.25, 0.3) is 0 Å². The van der Waals surface area contributed by atoms with Crippen molar-refractivity contribution < 1.29 is 43.2 Å². The molecule has 6 atom stereocenters. The van der Waals surface area contributed by atoms with Crippen molar-refractivity contribution in [3.63, 3.8) is 0 Å². The third kappa shape index (κ3) is 3.87. The number of benzene rings is 2. The van der Waals surface area contributed by atoms with Crippen molar-refractivity contribution >= 4 is 29.5 Å². The van der Waals surface area contributed by atoms with E-state index >= 15 is 0 Å². The standard InChI is InChI=1S/C31H31N3O9S/c1-12-6-15-7-16-17(8-32)34-18-9-40-31(38)19(36)10-44-30(24(34)23(33(16)4)20(15)25(37)26(12)39-5)22-21(18)29-28(41-11-42-29)13(2)27(22)43-14(3)35/h6,16-18,23-24,30,37H,7,9-11H2,1-5H3/t16-,17-,18-,23+,24+,30?/m0/s1. The second kappa shape index (κ2) is 10.3. The Morgan fingerprint density at radius 2 is 1.89 bits per heavy atom. The fourth-order valence-corrected chi connectivity index (χ4v) is 9.23. The number of aromatic hydroxyl groups is 1. The van der Waals surface area contributed by atoms with Crippen LogP contribution in [0.3, 0.4) is 0 Å². The van der Waals surface area contributed by atoms with E-state index in [2.05, 4.69) is 15.9 Å². The van der Waals surface area contributed by atoms with Gasteiger partial charge < -0.3 is 28.8 Å². The van der Waals surface area contributed by atoms with Gasteiger partial charge in [-0.05, 0) is 38.4 Å². The summed E-state index contributed by atoms with van der Waals surface area (Å²) in [5.41, 5.74) is 4.16. The predicted molar refractivity (Wildman–Crippen MR) is 155 cm³/mol. The molecule has 2 saturated heterocycles. The first-order valence-corrected chi connectivity index (χ1v) is 15.4. The number of ether oxygens (including phenoxy) is 5. The quantitative estimate of drug-likeness (QED) is 0.298. The lowest BCUT2D eigenvalue weighted by Gasteiger charge is -2.61. The smallest absolute Gasteiger partial charge is 0.375 e. The lowest BCUT2D eigenvalue weighted by molar-refractivity contribution is -0.157. The number of nitriles is 1. The van der Waals surface area contributed by atoms with E-state index in [1.165, 1.54) is 25.8 Å². The fraction of sp³-hybridized carbons (Fsp3) is 0.484. The zero-order chi connectivity index (χ0) is 31.2. The van der Waals surface area contributed by atoms with Crippen molar-refractivity contribution in [2.24, 2.45) is 0 Å². The van der Waals surface area contributed by atoms with Crippen LogP contribution in [0, 0.1) is 25.2 Å². The molecule has 0 aromatic heterocycles. The molecule has 1 N–H and O–H groups in total. The van der Waals surface area contributed by atoms with E-state index in [0.717, 1.165) is 11.1 Å². The first kappa shape index (κ1) is 28.8. The molecule has 0 amide bonds. The summed E-state index contributed by atoms with van der Waals surface area (Å²) in [5.74, 6) is -0.855. The van der Waals surface area contributed by atoms with E-state index in [4.69, 9.17) is 23.7 Å². The molecule has 2 aromatic rings. The van der Waals surface area contributed by atoms with Crippen LogP contribution in [0.5, 0.6) is 28.7 Å². The number of hydrogen-bond acceptors (Lipinski definition) is 13. The van der Waals surface area contributed by atoms with Crippen molar-refractivity contribution in [1.29, 1.82) is 5.26 Å². The van der Waals surface area contributed by atoms with Crippen molar-refractivity contribution in [2.45, 2.75) is 62.7 Å². The van der Waals surface area contributed by atoms with Gasteiger partial charge in [0, 0.05) is 41.3 Å². The number of hydrogen-bond donors (Lipinski definition) is 1. The van der Waals surface area contributed by atoms with Gasteiger partial charge in [-0.3, -0.25) is 19.4 Å². The number of aryl methyl sites for hydroxylation is 1. The van der Waals surface area contributed by atoms with Crippen LogP contribution in [-0.2, 0) is 25.5 Å². The molecular formula is C31H31N3O9S. The molecule has 0 aliphatic carbocycles. The number of carbonyl (C=O) groups is 3. The largest absolute Gasteiger partial charge is 0.504 e. The molecule has 5 aliphatic heterocycles. The summed E-state index contributed by atoms with van der Waals surface area (Å²) in [7, 11) is 3.45. The molecule has 44 heavy (non-hydrogen) atoms. The van der Waals surface area contributed by atoms with Gasteiger partial charge in [-0.25, -0.2) is 4.79 Å². The molecule has 0 spiro atoms. The topological polar surface area (TPSA) is 148 Å². The maximum Gasteiger partial charge on any atom is 0.375 e. The average molecular weight is 622 g/mol. The fourth-order valence-electron chi connectivity index (χ4n) is 7.90. The summed E-state index contributed by atoms with van der Waals surface area (Å²) in [5, 5.41) is 21.9. The Morgan fingerprint density at radius 3 is 2.59 bits per heavy atom. The number of ketones is 1. The van der Waals surface area contributed by atoms with Gasteiger partial charge in [0.15, 0.2) is 23.0 Å². The first-order valence-electron chi connectivity index (χ1n) is 14.3. The van der Waals surface area contributed by atoms with Crippen LogP contribution in [0.25, 0.3) is 0 Å². The summed E-state index contributed by atoms with van der Waals surface area (Å²) >= 11 is 1.22. The molecule has 13 heteroatoms. The van der Waals surface area contributed by atoms with E-state index in [1.54, 1.807) is 6.92 Å². The van der Waals surface area contributed by atoms with Crippen molar-refractivity contribution in [1.82, 2.24) is 9.80 Å². The highest BCUT2D eigenvalue weighted by Crippen LogP contribution is 2.63. The minimum atomic E-state index is -0.949. The molecule has 230 valence electrons. The zero-order valence-electron chi connectivity index (χ0n) is 24.8. The predicted octanol–water partition coefficient (Wildman–Crippen LogP) is 2.80. The maximum absolute atomic E-state index is 12.9. The number of likely N-dealkylation sites (N-methyl/N-ethyl adjacent to an activating group) is 1. The van der Waals surface area contributed by atoms with Crippen LogP contribution in [0.4, 0.5) is 0 Å². The summed E-state index contributed by atoms with van der Waals surface area (Å²) in [4.78, 5) is 42.3. The number of methoxy groups -OCH3 is 1. The number of nitrogens with zero attached hydrogens (tertiary/aromatic N) is 3. The number of fused-ring (bicyclic) bond motifs is 9. The summed E-state index contributed by atoms with van der Waals surface area (Å²) in [6.07, 6.45) is 0.488. The Morgan fingerprint density at radius 1 is 1.14 bits per heavy atom. The van der Waals surface area contributed by atoms with Crippen LogP contribution >= 0.6 is 11.8 Å². The number of phenolic OH excluding ortho intramolecular Hbond substituents is 1. The van der Waals surface area contributed by atoms with E-state index in [-0.39, 0.29) is 30.9 Å². The summed E-state index contributed by atoms with van der Waals surface area (Å²) < 4.78 is 29.0. The highest BCUT2D eigenvalue weighted by Gasteiger charge is 2.60. The van der Waals surface area contributed by atoms with Gasteiger partial charge >= 0.3 is 11.9 Å². The molecule has 5 aliphatic rings. The number of Topliss-reactive ketones (excluding diaryl/α,β-unsaturated/α-hetero) is 1. The number of cyclic esters (lactones) is 1. The molecular weight excluding hydrogens is 590 g/mol. The van der Waals surface area contributed by atoms with E-state index in [9.17, 15) is 24.8 Å². The molecule has 2 fully saturated rings. The molecule has 0 radical (unpaired) electrons. The number of carbonyl (C=O) groups excluding carboxylic acids is 3. The van der Waals surface area contributed by atoms with Gasteiger partial charge in [-0.15, -0.1) is 11.8 Å². The minimum absolute atomic E-state index is 0.0240. The van der Waals surface area contributed by atoms with Gasteiger partial charge in [0.1, 0.15) is 18.4 Å². The van der Waals surface area contributed by atoms with E-state index in [0.29, 0.717) is 51.7 Å². The van der Waals surface area contributed by atoms with Crippen LogP contribution < -0.4 is 18.9 Å². The lowest BCUT2D eigenvalue weighted by atomic mass is 9.71. The third-order valence-electron chi connectivity index (χ3n) is 9.54. The third-order valence-corrected chi connectivity index (χ3v) is 10.8. The number of esters is 2. The van der Waals surface area contributed by atoms with E-state index in [1.807, 2.05) is 20.0 Å². The average Bonchev–Trinajstić information content (AvgIpc) is 3.47. The molecule has 12 nitrogen and oxygen atoms in total. The molecule has 5 heterocycles. The number of thioether (sulfide) groups is 1. The van der Waals surface area contributed by atoms with Crippen LogP contribution in [-0.4, -0.2) is 84.1 Å². The molecule has 4 bridgehead atoms. The second-order valence-electron chi connectivity index (χ2n) is 11.8. The van der Waals surface area contributed by atoms with Crippen LogP contribution in [0.1, 0.15) is 57.6 Å². The normalized spacial score (nSPS) is 28.7. The SMILES string of the molecule is COc1c(C)cc2c(c1O)[C@@H]1[C@@H]3C4SCC(=O)C(=O)OC[C@@H](c5c6c(c(C)c(OC(C)=O)c54)OCO6)N3[C@@H](C#N)[C@H](C2)N1C. The lowest BCUT2D eigenvalue weighted by Crippen LogP contribution is -2.69. The minimum Gasteiger partial charge on any atom is -0.504 e. The maximum atomic E-state index is 12.9. The Hall–Kier alpha value is -3.99. The van der Waals surface area contributed by atoms with Gasteiger partial charge in [-0.2, -0.15) is 5.26 Å². The number of phenols is 1. The Labute approximate surface area is 257 Å². The Kier molecular flexibility index (Phi) is 6.73. The second-order valence-corrected chi connectivity index (χ2v) is 12.9. The molecule has 7 rings (SSSR count). The Bertz CT molecular complexity index is 1690. The molecule has 1 unspecified atom stereocenters. The van der Waals surface area contributed by atoms with Gasteiger partial charge in [0.2, 0.25) is 12.6 Å². The van der Waals surface area contributed by atoms with Crippen molar-refractivity contribution in [2.75, 3.05) is 33.3 Å². The van der Waals surface area contributed by atoms with Crippen molar-refractivity contribution in [3.8, 4) is 34.8 Å². The van der Waals surface area contributed by atoms with Crippen LogP contribution in [0.15, 0.2) is 6.07 Å². The highest BCUT2D eigenvalue weighted by atomic mass is 32.2. The van der Waals surface area contributed by atoms with Crippen molar-refractivity contribution in [3.05, 3.63) is 39.4 Å². The van der Waals surface area contributed by atoms with E-state index < -0.39 is 47.1 Å². The van der Waals surface area contributed by atoms with Crippen LogP contribution in [0.2, 0.25) is 0 Å². The molecule has 2 aromatic carbocycles.